The molecule has 1 aliphatic heterocycles. The highest BCUT2D eigenvalue weighted by Gasteiger charge is 2.40. The summed E-state index contributed by atoms with van der Waals surface area (Å²) in [5, 5.41) is 3.90. The summed E-state index contributed by atoms with van der Waals surface area (Å²) in [5.41, 5.74) is -2.95. The first-order valence-electron chi connectivity index (χ1n) is 9.99. The third-order valence-corrected chi connectivity index (χ3v) is 5.38. The van der Waals surface area contributed by atoms with Crippen LogP contribution in [0.1, 0.15) is 44.7 Å². The van der Waals surface area contributed by atoms with E-state index in [0.29, 0.717) is 30.1 Å². The van der Waals surface area contributed by atoms with Crippen molar-refractivity contribution in [3.63, 3.8) is 0 Å². The predicted molar refractivity (Wildman–Crippen MR) is 105 cm³/mol. The molecule has 0 unspecified atom stereocenters. The summed E-state index contributed by atoms with van der Waals surface area (Å²) in [6.45, 7) is 0.0411. The lowest BCUT2D eigenvalue weighted by molar-refractivity contribution is -0.143. The smallest absolute Gasteiger partial charge is 0.416 e. The Labute approximate surface area is 189 Å². The van der Waals surface area contributed by atoms with E-state index in [1.54, 1.807) is 6.07 Å². The monoisotopic (exact) mass is 485 g/mol. The molecule has 0 radical (unpaired) electrons. The summed E-state index contributed by atoms with van der Waals surface area (Å²) >= 11 is 0. The number of carbonyl (C=O) groups excluding carboxylic acids is 1. The molecule has 6 nitrogen and oxygen atoms in total. The van der Waals surface area contributed by atoms with Gasteiger partial charge in [-0.05, 0) is 24.3 Å². The molecule has 4 rings (SSSR count). The van der Waals surface area contributed by atoms with Crippen molar-refractivity contribution < 1.29 is 40.4 Å². The van der Waals surface area contributed by atoms with Gasteiger partial charge in [-0.25, -0.2) is 0 Å². The van der Waals surface area contributed by atoms with Crippen molar-refractivity contribution in [3.8, 4) is 5.75 Å². The van der Waals surface area contributed by atoms with Crippen molar-refractivity contribution in [2.24, 2.45) is 0 Å². The molecule has 0 aliphatic carbocycles. The second kappa shape index (κ2) is 8.65. The van der Waals surface area contributed by atoms with E-state index in [0.717, 1.165) is 10.5 Å². The highest BCUT2D eigenvalue weighted by molar-refractivity contribution is 5.95. The topological polar surface area (TPSA) is 68.5 Å². The average molecular weight is 485 g/mol. The van der Waals surface area contributed by atoms with E-state index < -0.39 is 35.0 Å². The maximum atomic E-state index is 13.1. The Balaban J connectivity index is 1.46. The van der Waals surface area contributed by atoms with Crippen molar-refractivity contribution in [2.45, 2.75) is 24.7 Å². The quantitative estimate of drug-likeness (QED) is 0.479. The molecule has 180 valence electrons. The van der Waals surface area contributed by atoms with Gasteiger partial charge in [0.05, 0.1) is 24.2 Å². The van der Waals surface area contributed by atoms with Crippen molar-refractivity contribution in [1.82, 2.24) is 15.0 Å². The first-order valence-corrected chi connectivity index (χ1v) is 9.99. The minimum atomic E-state index is -5.03. The summed E-state index contributed by atoms with van der Waals surface area (Å²) in [6, 6.07) is 8.08. The van der Waals surface area contributed by atoms with Crippen LogP contribution in [0.4, 0.5) is 26.3 Å². The molecule has 0 N–H and O–H groups in total. The number of ether oxygens (including phenoxy) is 1. The Hall–Kier alpha value is -3.57. The molecule has 34 heavy (non-hydrogen) atoms. The van der Waals surface area contributed by atoms with Crippen LogP contribution in [-0.2, 0) is 18.8 Å². The van der Waals surface area contributed by atoms with Gasteiger partial charge < -0.3 is 14.2 Å². The zero-order chi connectivity index (χ0) is 24.7. The van der Waals surface area contributed by atoms with Gasteiger partial charge >= 0.3 is 12.4 Å². The molecular weight excluding hydrogens is 468 g/mol. The molecule has 1 fully saturated rings. The number of alkyl halides is 6. The number of methoxy groups -OCH3 is 1. The van der Waals surface area contributed by atoms with Crippen LogP contribution in [-0.4, -0.2) is 41.1 Å². The van der Waals surface area contributed by atoms with Gasteiger partial charge in [-0.1, -0.05) is 23.4 Å². The lowest BCUT2D eigenvalue weighted by atomic mass is 9.97. The molecule has 1 aromatic heterocycles. The number of para-hydroxylation sites is 1. The third-order valence-electron chi connectivity index (χ3n) is 5.38. The minimum absolute atomic E-state index is 0.0165. The van der Waals surface area contributed by atoms with Gasteiger partial charge in [-0.3, -0.25) is 4.79 Å². The fourth-order valence-electron chi connectivity index (χ4n) is 3.59. The highest BCUT2D eigenvalue weighted by Crippen LogP contribution is 2.37. The van der Waals surface area contributed by atoms with Gasteiger partial charge in [0.1, 0.15) is 5.75 Å². The van der Waals surface area contributed by atoms with Crippen LogP contribution >= 0.6 is 0 Å². The van der Waals surface area contributed by atoms with Crippen LogP contribution in [0.25, 0.3) is 0 Å². The molecule has 2 heterocycles. The van der Waals surface area contributed by atoms with Crippen molar-refractivity contribution in [3.05, 3.63) is 76.4 Å². The number of rotatable bonds is 5. The van der Waals surface area contributed by atoms with Crippen LogP contribution in [0, 0.1) is 0 Å². The van der Waals surface area contributed by atoms with Crippen molar-refractivity contribution in [2.75, 3.05) is 20.2 Å². The van der Waals surface area contributed by atoms with Crippen LogP contribution in [0.3, 0.4) is 0 Å². The van der Waals surface area contributed by atoms with Crippen LogP contribution in [0.5, 0.6) is 5.75 Å². The number of likely N-dealkylation sites (tertiary alicyclic amines) is 1. The van der Waals surface area contributed by atoms with Gasteiger partial charge in [-0.15, -0.1) is 0 Å². The van der Waals surface area contributed by atoms with Crippen LogP contribution in [0.15, 0.2) is 47.0 Å². The molecule has 3 aromatic rings. The Morgan fingerprint density at radius 3 is 2.26 bits per heavy atom. The van der Waals surface area contributed by atoms with Crippen molar-refractivity contribution >= 4 is 5.91 Å². The minimum Gasteiger partial charge on any atom is -0.496 e. The van der Waals surface area contributed by atoms with E-state index in [4.69, 9.17) is 9.26 Å². The van der Waals surface area contributed by atoms with Crippen LogP contribution in [0.2, 0.25) is 0 Å². The lowest BCUT2D eigenvalue weighted by Crippen LogP contribution is -2.48. The summed E-state index contributed by atoms with van der Waals surface area (Å²) in [7, 11) is 1.53. The number of nitrogens with zero attached hydrogens (tertiary/aromatic N) is 3. The molecule has 0 spiro atoms. The van der Waals surface area contributed by atoms with E-state index in [9.17, 15) is 31.1 Å². The largest absolute Gasteiger partial charge is 0.496 e. The Kier molecular flexibility index (Phi) is 6.00. The van der Waals surface area contributed by atoms with E-state index in [1.165, 1.54) is 7.11 Å². The molecule has 0 bridgehead atoms. The molecule has 1 saturated heterocycles. The molecule has 1 aliphatic rings. The molecule has 12 heteroatoms. The average Bonchev–Trinajstić information content (AvgIpc) is 3.19. The predicted octanol–water partition coefficient (Wildman–Crippen LogP) is 4.95. The summed E-state index contributed by atoms with van der Waals surface area (Å²) in [5.74, 6) is -0.0723. The number of benzene rings is 2. The Morgan fingerprint density at radius 2 is 1.68 bits per heavy atom. The maximum Gasteiger partial charge on any atom is 0.416 e. The molecule has 0 atom stereocenters. The maximum absolute atomic E-state index is 13.1. The highest BCUT2D eigenvalue weighted by atomic mass is 19.4. The number of aromatic nitrogens is 2. The van der Waals surface area contributed by atoms with E-state index in [2.05, 4.69) is 10.1 Å². The first-order chi connectivity index (χ1) is 16.0. The molecular formula is C22H17F6N3O3. The van der Waals surface area contributed by atoms with Gasteiger partial charge in [0.25, 0.3) is 5.91 Å². The van der Waals surface area contributed by atoms with Crippen molar-refractivity contribution in [1.29, 1.82) is 0 Å². The zero-order valence-corrected chi connectivity index (χ0v) is 17.6. The number of halogens is 6. The second-order valence-electron chi connectivity index (χ2n) is 7.74. The number of hydrogen-bond acceptors (Lipinski definition) is 5. The number of carbonyl (C=O) groups is 1. The summed E-state index contributed by atoms with van der Waals surface area (Å²) in [4.78, 5) is 18.0. The number of amides is 1. The number of hydrogen-bond donors (Lipinski definition) is 0. The lowest BCUT2D eigenvalue weighted by Gasteiger charge is -2.37. The Bertz CT molecular complexity index is 1170. The van der Waals surface area contributed by atoms with E-state index in [1.807, 2.05) is 18.2 Å². The summed E-state index contributed by atoms with van der Waals surface area (Å²) in [6.07, 6.45) is -9.74. The molecule has 2 aromatic carbocycles. The van der Waals surface area contributed by atoms with E-state index in [-0.39, 0.29) is 31.0 Å². The fraction of sp³-hybridized carbons (Fsp3) is 0.318. The summed E-state index contributed by atoms with van der Waals surface area (Å²) < 4.78 is 88.9. The van der Waals surface area contributed by atoms with Gasteiger partial charge in [-0.2, -0.15) is 31.3 Å². The SMILES string of the molecule is COc1ccccc1Cc1noc(C2CN(C(=O)c3cc(C(F)(F)F)cc(C(F)(F)F)c3)C2)n1. The van der Waals surface area contributed by atoms with E-state index >= 15 is 0 Å². The van der Waals surface area contributed by atoms with Gasteiger partial charge in [0.2, 0.25) is 5.89 Å². The molecule has 0 saturated carbocycles. The standard InChI is InChI=1S/C22H17F6N3O3/c1-33-17-5-3-2-4-12(17)8-18-29-19(34-30-18)14-10-31(11-14)20(32)13-6-15(21(23,24)25)9-16(7-13)22(26,27)28/h2-7,9,14H,8,10-11H2,1H3. The van der Waals surface area contributed by atoms with Gasteiger partial charge in [0.15, 0.2) is 5.82 Å². The zero-order valence-electron chi connectivity index (χ0n) is 17.6. The second-order valence-corrected chi connectivity index (χ2v) is 7.74. The van der Waals surface area contributed by atoms with Crippen LogP contribution < -0.4 is 4.74 Å². The van der Waals surface area contributed by atoms with Gasteiger partial charge in [0, 0.05) is 30.6 Å². The first kappa shape index (κ1) is 23.6. The normalized spacial score (nSPS) is 14.7. The fourth-order valence-corrected chi connectivity index (χ4v) is 3.59. The molecule has 1 amide bonds. The Morgan fingerprint density at radius 1 is 1.06 bits per heavy atom. The third kappa shape index (κ3) is 4.85.